The Bertz CT molecular complexity index is 1590. The van der Waals surface area contributed by atoms with E-state index in [1.807, 2.05) is 43.9 Å². The summed E-state index contributed by atoms with van der Waals surface area (Å²) in [6.45, 7) is 11.8. The molecule has 4 rings (SSSR count). The monoisotopic (exact) mass is 650 g/mol. The fraction of sp³-hybridized carbons (Fsp3) is 0.541. The van der Waals surface area contributed by atoms with Crippen LogP contribution in [0.15, 0.2) is 47.3 Å². The van der Waals surface area contributed by atoms with Gasteiger partial charge in [-0.3, -0.25) is 9.59 Å². The minimum absolute atomic E-state index is 0.0376. The zero-order chi connectivity index (χ0) is 34.1. The molecule has 1 aliphatic heterocycles. The number of nitrogens with zero attached hydrogens (tertiary/aromatic N) is 2. The maximum absolute atomic E-state index is 13.6. The minimum atomic E-state index is -0.630. The molecule has 3 aromatic rings. The van der Waals surface area contributed by atoms with E-state index in [0.29, 0.717) is 60.0 Å². The van der Waals surface area contributed by atoms with Crippen molar-refractivity contribution < 1.29 is 33.3 Å². The second-order valence-corrected chi connectivity index (χ2v) is 13.3. The number of ether oxygens (including phenoxy) is 5. The smallest absolute Gasteiger partial charge is 0.410 e. The van der Waals surface area contributed by atoms with E-state index in [-0.39, 0.29) is 36.0 Å². The molecule has 2 aromatic carbocycles. The Balaban J connectivity index is 1.51. The van der Waals surface area contributed by atoms with E-state index < -0.39 is 5.60 Å². The number of aryl methyl sites for hydroxylation is 1. The lowest BCUT2D eigenvalue weighted by Gasteiger charge is -2.34. The van der Waals surface area contributed by atoms with Crippen molar-refractivity contribution in [2.45, 2.75) is 91.5 Å². The van der Waals surface area contributed by atoms with Crippen molar-refractivity contribution in [1.82, 2.24) is 9.47 Å². The van der Waals surface area contributed by atoms with Crippen molar-refractivity contribution in [3.63, 3.8) is 0 Å². The van der Waals surface area contributed by atoms with E-state index in [9.17, 15) is 14.4 Å². The van der Waals surface area contributed by atoms with Gasteiger partial charge < -0.3 is 33.2 Å². The molecule has 0 bridgehead atoms. The average Bonchev–Trinajstić information content (AvgIpc) is 3.03. The van der Waals surface area contributed by atoms with E-state index >= 15 is 0 Å². The van der Waals surface area contributed by atoms with Gasteiger partial charge in [0.15, 0.2) is 17.3 Å². The molecule has 10 heteroatoms. The molecule has 1 unspecified atom stereocenters. The van der Waals surface area contributed by atoms with Crippen molar-refractivity contribution >= 4 is 22.8 Å². The number of fused-ring (bicyclic) bond motifs is 2. The molecule has 1 amide bonds. The topological polar surface area (TPSA) is 106 Å². The molecule has 0 N–H and O–H groups in total. The van der Waals surface area contributed by atoms with Crippen molar-refractivity contribution in [2.24, 2.45) is 5.92 Å². The summed E-state index contributed by atoms with van der Waals surface area (Å²) >= 11 is 0. The lowest BCUT2D eigenvalue weighted by Crippen LogP contribution is -2.43. The summed E-state index contributed by atoms with van der Waals surface area (Å²) in [5, 5.41) is 0.690. The maximum atomic E-state index is 13.6. The Labute approximate surface area is 277 Å². The highest BCUT2D eigenvalue weighted by Gasteiger charge is 2.29. The number of carbonyl (C=O) groups excluding carboxylic acids is 2. The number of Topliss-reactive ketones (excluding diaryl/α,β-unsaturated/α-hetero) is 1. The first-order valence-corrected chi connectivity index (χ1v) is 16.6. The van der Waals surface area contributed by atoms with Crippen LogP contribution >= 0.6 is 0 Å². The highest BCUT2D eigenvalue weighted by molar-refractivity contribution is 6.08. The van der Waals surface area contributed by atoms with Gasteiger partial charge in [0.05, 0.1) is 12.6 Å². The van der Waals surface area contributed by atoms with Crippen molar-refractivity contribution in [1.29, 1.82) is 0 Å². The van der Waals surface area contributed by atoms with Gasteiger partial charge in [-0.2, -0.15) is 0 Å². The van der Waals surface area contributed by atoms with E-state index in [2.05, 4.69) is 13.8 Å². The summed E-state index contributed by atoms with van der Waals surface area (Å²) in [5.41, 5.74) is 1.30. The Hall–Kier alpha value is -4.05. The van der Waals surface area contributed by atoms with Crippen LogP contribution in [0.2, 0.25) is 0 Å². The van der Waals surface area contributed by atoms with Gasteiger partial charge in [0.1, 0.15) is 31.2 Å². The van der Waals surface area contributed by atoms with Crippen LogP contribution in [-0.2, 0) is 22.6 Å². The number of pyridine rings is 1. The van der Waals surface area contributed by atoms with Gasteiger partial charge in [0.2, 0.25) is 0 Å². The zero-order valence-corrected chi connectivity index (χ0v) is 28.9. The molecule has 1 aliphatic rings. The molecular formula is C37H50N2O8. The standard InChI is InChI=1S/C37H50N2O8/c1-8-9-27(39(36(42)47-37(3,4)5)23-26-11-14-33-34(20-26)46-19-18-45-33)12-10-25(2)16-17-38-31-22-28(44-7)21-30(32(40)24-43-6)29(31)13-15-35(38)41/h11,13-15,20-22,25,27H,8-10,12,16-19,23-24H2,1-7H3/t25-,27?/m1/s1. The van der Waals surface area contributed by atoms with E-state index in [1.54, 1.807) is 29.9 Å². The van der Waals surface area contributed by atoms with Crippen LogP contribution < -0.4 is 19.8 Å². The molecule has 47 heavy (non-hydrogen) atoms. The van der Waals surface area contributed by atoms with Gasteiger partial charge in [-0.1, -0.05) is 26.3 Å². The first kappa shape index (κ1) is 35.8. The van der Waals surface area contributed by atoms with Gasteiger partial charge in [-0.25, -0.2) is 4.79 Å². The Morgan fingerprint density at radius 2 is 1.70 bits per heavy atom. The van der Waals surface area contributed by atoms with Gasteiger partial charge in [0, 0.05) is 49.3 Å². The van der Waals surface area contributed by atoms with Crippen molar-refractivity contribution in [2.75, 3.05) is 34.0 Å². The predicted molar refractivity (Wildman–Crippen MR) is 182 cm³/mol. The molecule has 2 heterocycles. The molecule has 0 radical (unpaired) electrons. The van der Waals surface area contributed by atoms with Crippen LogP contribution in [0.5, 0.6) is 17.2 Å². The predicted octanol–water partition coefficient (Wildman–Crippen LogP) is 7.02. The fourth-order valence-corrected chi connectivity index (χ4v) is 5.97. The highest BCUT2D eigenvalue weighted by Crippen LogP contribution is 2.32. The summed E-state index contributed by atoms with van der Waals surface area (Å²) in [7, 11) is 3.02. The first-order chi connectivity index (χ1) is 22.4. The highest BCUT2D eigenvalue weighted by atomic mass is 16.6. The largest absolute Gasteiger partial charge is 0.497 e. The quantitative estimate of drug-likeness (QED) is 0.162. The summed E-state index contributed by atoms with van der Waals surface area (Å²) in [6.07, 6.45) is 3.78. The lowest BCUT2D eigenvalue weighted by atomic mass is 9.95. The number of hydrogen-bond acceptors (Lipinski definition) is 8. The number of benzene rings is 2. The number of methoxy groups -OCH3 is 2. The average molecular weight is 651 g/mol. The number of aromatic nitrogens is 1. The van der Waals surface area contributed by atoms with Gasteiger partial charge in [0.25, 0.3) is 5.56 Å². The van der Waals surface area contributed by atoms with Crippen LogP contribution in [0.1, 0.15) is 82.6 Å². The molecule has 2 atom stereocenters. The summed E-state index contributed by atoms with van der Waals surface area (Å²) in [6, 6.07) is 12.5. The summed E-state index contributed by atoms with van der Waals surface area (Å²) in [4.78, 5) is 41.4. The Morgan fingerprint density at radius 1 is 0.957 bits per heavy atom. The van der Waals surface area contributed by atoms with E-state index in [1.165, 1.54) is 13.2 Å². The molecule has 1 aromatic heterocycles. The van der Waals surface area contributed by atoms with E-state index in [0.717, 1.165) is 37.7 Å². The molecule has 256 valence electrons. The minimum Gasteiger partial charge on any atom is -0.497 e. The van der Waals surface area contributed by atoms with Crippen LogP contribution in [0.25, 0.3) is 10.9 Å². The third-order valence-electron chi connectivity index (χ3n) is 8.38. The fourth-order valence-electron chi connectivity index (χ4n) is 5.97. The van der Waals surface area contributed by atoms with Gasteiger partial charge in [-0.05, 0) is 82.2 Å². The van der Waals surface area contributed by atoms with Crippen LogP contribution in [-0.4, -0.2) is 67.0 Å². The van der Waals surface area contributed by atoms with Crippen molar-refractivity contribution in [3.05, 3.63) is 63.9 Å². The molecule has 0 spiro atoms. The summed E-state index contributed by atoms with van der Waals surface area (Å²) in [5.74, 6) is 1.99. The van der Waals surface area contributed by atoms with Crippen LogP contribution in [0.3, 0.4) is 0 Å². The number of rotatable bonds is 15. The summed E-state index contributed by atoms with van der Waals surface area (Å²) < 4.78 is 29.7. The third kappa shape index (κ3) is 9.50. The Morgan fingerprint density at radius 3 is 2.38 bits per heavy atom. The molecule has 0 aliphatic carbocycles. The van der Waals surface area contributed by atoms with Crippen LogP contribution in [0, 0.1) is 5.92 Å². The molecule has 10 nitrogen and oxygen atoms in total. The molecular weight excluding hydrogens is 600 g/mol. The maximum Gasteiger partial charge on any atom is 0.410 e. The number of ketones is 1. The molecule has 0 fully saturated rings. The van der Waals surface area contributed by atoms with Crippen molar-refractivity contribution in [3.8, 4) is 17.2 Å². The molecule has 0 saturated carbocycles. The second-order valence-electron chi connectivity index (χ2n) is 13.3. The number of amides is 1. The third-order valence-corrected chi connectivity index (χ3v) is 8.38. The SMILES string of the molecule is CCCC(CC[C@@H](C)CCn1c(=O)ccc2c(C(=O)COC)cc(OC)cc21)N(Cc1ccc2c(c1)OCCO2)C(=O)OC(C)(C)C. The Kier molecular flexibility index (Phi) is 12.3. The second kappa shape index (κ2) is 16.2. The van der Waals surface area contributed by atoms with Crippen LogP contribution in [0.4, 0.5) is 4.79 Å². The van der Waals surface area contributed by atoms with Gasteiger partial charge in [-0.15, -0.1) is 0 Å². The zero-order valence-electron chi connectivity index (χ0n) is 28.9. The lowest BCUT2D eigenvalue weighted by molar-refractivity contribution is 0.0113. The molecule has 0 saturated heterocycles. The number of hydrogen-bond donors (Lipinski definition) is 0. The normalized spacial score (nSPS) is 14.0. The van der Waals surface area contributed by atoms with E-state index in [4.69, 9.17) is 23.7 Å². The first-order valence-electron chi connectivity index (χ1n) is 16.6. The van der Waals surface area contributed by atoms with Gasteiger partial charge >= 0.3 is 6.09 Å². The number of carbonyl (C=O) groups is 2.